The Balaban J connectivity index is 1.88. The number of piperazine rings is 1. The van der Waals surface area contributed by atoms with Gasteiger partial charge in [-0.1, -0.05) is 0 Å². The van der Waals surface area contributed by atoms with Crippen molar-refractivity contribution < 1.29 is 14.3 Å². The molecule has 2 atom stereocenters. The third-order valence-electron chi connectivity index (χ3n) is 4.42. The number of anilines is 1. The summed E-state index contributed by atoms with van der Waals surface area (Å²) < 4.78 is 5.36. The fourth-order valence-electron chi connectivity index (χ4n) is 3.41. The van der Waals surface area contributed by atoms with Gasteiger partial charge < -0.3 is 20.3 Å². The Hall–Kier alpha value is -2.28. The standard InChI is InChI=1S/C17H24N4O3/c1-11-9-20(10-12(2)19-11)16(22)13-4-5-15(24-3)14(8-13)21-7-6-18-17(21)23/h4-5,8,11-12,19H,6-7,9-10H2,1-3H3,(H,18,23)/t11-,12+. The maximum atomic E-state index is 12.9. The van der Waals surface area contributed by atoms with E-state index < -0.39 is 0 Å². The number of methoxy groups -OCH3 is 1. The summed E-state index contributed by atoms with van der Waals surface area (Å²) in [5, 5.41) is 6.19. The van der Waals surface area contributed by atoms with Crippen LogP contribution in [0.25, 0.3) is 0 Å². The van der Waals surface area contributed by atoms with Crippen molar-refractivity contribution in [3.05, 3.63) is 23.8 Å². The molecule has 0 saturated carbocycles. The molecule has 0 unspecified atom stereocenters. The van der Waals surface area contributed by atoms with E-state index in [1.165, 1.54) is 0 Å². The molecule has 2 aliphatic rings. The molecular formula is C17H24N4O3. The van der Waals surface area contributed by atoms with E-state index in [9.17, 15) is 9.59 Å². The van der Waals surface area contributed by atoms with E-state index in [4.69, 9.17) is 4.74 Å². The van der Waals surface area contributed by atoms with Gasteiger partial charge in [-0.05, 0) is 32.0 Å². The molecule has 2 fully saturated rings. The van der Waals surface area contributed by atoms with E-state index in [0.717, 1.165) is 0 Å². The van der Waals surface area contributed by atoms with Gasteiger partial charge in [-0.3, -0.25) is 9.69 Å². The smallest absolute Gasteiger partial charge is 0.322 e. The number of nitrogens with one attached hydrogen (secondary N) is 2. The van der Waals surface area contributed by atoms with Crippen molar-refractivity contribution in [1.82, 2.24) is 15.5 Å². The minimum Gasteiger partial charge on any atom is -0.495 e. The molecule has 3 rings (SSSR count). The highest BCUT2D eigenvalue weighted by Gasteiger charge is 2.28. The lowest BCUT2D eigenvalue weighted by Gasteiger charge is -2.36. The Morgan fingerprint density at radius 2 is 1.96 bits per heavy atom. The molecule has 3 amide bonds. The van der Waals surface area contributed by atoms with Gasteiger partial charge >= 0.3 is 6.03 Å². The first-order chi connectivity index (χ1) is 11.5. The molecule has 1 aromatic rings. The van der Waals surface area contributed by atoms with Crippen LogP contribution in [-0.4, -0.2) is 62.2 Å². The number of benzene rings is 1. The second kappa shape index (κ2) is 6.68. The van der Waals surface area contributed by atoms with Gasteiger partial charge in [0.1, 0.15) is 5.75 Å². The van der Waals surface area contributed by atoms with Crippen molar-refractivity contribution in [1.29, 1.82) is 0 Å². The normalized spacial score (nSPS) is 24.0. The molecule has 2 aliphatic heterocycles. The molecule has 1 aromatic carbocycles. The molecule has 24 heavy (non-hydrogen) atoms. The molecule has 2 N–H and O–H groups in total. The highest BCUT2D eigenvalue weighted by molar-refractivity contribution is 6.00. The van der Waals surface area contributed by atoms with Gasteiger partial charge in [-0.25, -0.2) is 4.79 Å². The first-order valence-electron chi connectivity index (χ1n) is 8.28. The van der Waals surface area contributed by atoms with Gasteiger partial charge in [0.15, 0.2) is 0 Å². The van der Waals surface area contributed by atoms with Crippen molar-refractivity contribution >= 4 is 17.6 Å². The van der Waals surface area contributed by atoms with Gasteiger partial charge in [-0.15, -0.1) is 0 Å². The lowest BCUT2D eigenvalue weighted by Crippen LogP contribution is -2.55. The first-order valence-corrected chi connectivity index (χ1v) is 8.28. The van der Waals surface area contributed by atoms with Gasteiger partial charge in [0.25, 0.3) is 5.91 Å². The average molecular weight is 332 g/mol. The lowest BCUT2D eigenvalue weighted by molar-refractivity contribution is 0.0674. The lowest BCUT2D eigenvalue weighted by atomic mass is 10.1. The molecule has 0 bridgehead atoms. The molecule has 7 heteroatoms. The minimum absolute atomic E-state index is 0.0151. The summed E-state index contributed by atoms with van der Waals surface area (Å²) in [6.07, 6.45) is 0. The van der Waals surface area contributed by atoms with Crippen LogP contribution < -0.4 is 20.3 Å². The Labute approximate surface area is 141 Å². The highest BCUT2D eigenvalue weighted by Crippen LogP contribution is 2.31. The van der Waals surface area contributed by atoms with Gasteiger partial charge in [0.2, 0.25) is 0 Å². The van der Waals surface area contributed by atoms with Crippen LogP contribution in [0.2, 0.25) is 0 Å². The van der Waals surface area contributed by atoms with Crippen LogP contribution in [0.4, 0.5) is 10.5 Å². The summed E-state index contributed by atoms with van der Waals surface area (Å²) in [6, 6.07) is 5.63. The van der Waals surface area contributed by atoms with E-state index in [-0.39, 0.29) is 24.0 Å². The predicted octanol–water partition coefficient (Wildman–Crippen LogP) is 1.05. The SMILES string of the molecule is COc1ccc(C(=O)N2C[C@@H](C)N[C@@H](C)C2)cc1N1CCNC1=O. The van der Waals surface area contributed by atoms with Crippen molar-refractivity contribution in [2.24, 2.45) is 0 Å². The summed E-state index contributed by atoms with van der Waals surface area (Å²) in [5.74, 6) is 0.573. The number of carbonyl (C=O) groups is 2. The molecule has 0 aromatic heterocycles. The second-order valence-electron chi connectivity index (χ2n) is 6.45. The number of rotatable bonds is 3. The van der Waals surface area contributed by atoms with Crippen molar-refractivity contribution in [3.8, 4) is 5.75 Å². The largest absolute Gasteiger partial charge is 0.495 e. The molecule has 0 aliphatic carbocycles. The Bertz CT molecular complexity index is 639. The van der Waals surface area contributed by atoms with Crippen LogP contribution >= 0.6 is 0 Å². The first kappa shape index (κ1) is 16.6. The molecule has 0 radical (unpaired) electrons. The van der Waals surface area contributed by atoms with E-state index >= 15 is 0 Å². The highest BCUT2D eigenvalue weighted by atomic mass is 16.5. The maximum absolute atomic E-state index is 12.9. The van der Waals surface area contributed by atoms with E-state index in [1.807, 2.05) is 4.90 Å². The summed E-state index contributed by atoms with van der Waals surface area (Å²) >= 11 is 0. The van der Waals surface area contributed by atoms with E-state index in [1.54, 1.807) is 30.2 Å². The Kier molecular flexibility index (Phi) is 4.62. The molecule has 7 nitrogen and oxygen atoms in total. The summed E-state index contributed by atoms with van der Waals surface area (Å²) in [5.41, 5.74) is 1.21. The van der Waals surface area contributed by atoms with Crippen molar-refractivity contribution in [2.75, 3.05) is 38.2 Å². The summed E-state index contributed by atoms with van der Waals surface area (Å²) in [6.45, 7) is 6.65. The quantitative estimate of drug-likeness (QED) is 0.868. The van der Waals surface area contributed by atoms with Crippen molar-refractivity contribution in [3.63, 3.8) is 0 Å². The van der Waals surface area contributed by atoms with Gasteiger partial charge in [-0.2, -0.15) is 0 Å². The minimum atomic E-state index is -0.165. The monoisotopic (exact) mass is 332 g/mol. The number of hydrogen-bond donors (Lipinski definition) is 2. The summed E-state index contributed by atoms with van der Waals surface area (Å²) in [7, 11) is 1.56. The third-order valence-corrected chi connectivity index (χ3v) is 4.42. The number of ether oxygens (including phenoxy) is 1. The average Bonchev–Trinajstić information content (AvgIpc) is 2.98. The maximum Gasteiger partial charge on any atom is 0.322 e. The Morgan fingerprint density at radius 1 is 1.25 bits per heavy atom. The zero-order chi connectivity index (χ0) is 17.3. The van der Waals surface area contributed by atoms with E-state index in [2.05, 4.69) is 24.5 Å². The zero-order valence-corrected chi connectivity index (χ0v) is 14.3. The van der Waals surface area contributed by atoms with Crippen molar-refractivity contribution in [2.45, 2.75) is 25.9 Å². The molecule has 2 heterocycles. The molecular weight excluding hydrogens is 308 g/mol. The summed E-state index contributed by atoms with van der Waals surface area (Å²) in [4.78, 5) is 28.3. The number of nitrogens with zero attached hydrogens (tertiary/aromatic N) is 2. The predicted molar refractivity (Wildman–Crippen MR) is 91.7 cm³/mol. The number of amides is 3. The van der Waals surface area contributed by atoms with E-state index in [0.29, 0.717) is 43.2 Å². The van der Waals surface area contributed by atoms with Crippen LogP contribution in [0.15, 0.2) is 18.2 Å². The van der Waals surface area contributed by atoms with Gasteiger partial charge in [0, 0.05) is 43.8 Å². The molecule has 2 saturated heterocycles. The third kappa shape index (κ3) is 3.17. The van der Waals surface area contributed by atoms with Crippen LogP contribution in [-0.2, 0) is 0 Å². The fraction of sp³-hybridized carbons (Fsp3) is 0.529. The number of carbonyl (C=O) groups excluding carboxylic acids is 2. The molecule has 0 spiro atoms. The number of hydrogen-bond acceptors (Lipinski definition) is 4. The topological polar surface area (TPSA) is 73.9 Å². The van der Waals surface area contributed by atoms with Crippen LogP contribution in [0.3, 0.4) is 0 Å². The fourth-order valence-corrected chi connectivity index (χ4v) is 3.41. The molecule has 130 valence electrons. The van der Waals surface area contributed by atoms with Gasteiger partial charge in [0.05, 0.1) is 12.8 Å². The van der Waals surface area contributed by atoms with Crippen LogP contribution in [0.1, 0.15) is 24.2 Å². The zero-order valence-electron chi connectivity index (χ0n) is 14.3. The number of urea groups is 1. The Morgan fingerprint density at radius 3 is 2.54 bits per heavy atom. The van der Waals surface area contributed by atoms with Crippen LogP contribution in [0, 0.1) is 0 Å². The van der Waals surface area contributed by atoms with Crippen LogP contribution in [0.5, 0.6) is 5.75 Å². The second-order valence-corrected chi connectivity index (χ2v) is 6.45.